The van der Waals surface area contributed by atoms with Gasteiger partial charge in [-0.1, -0.05) is 18.2 Å². The number of ether oxygens (including phenoxy) is 1. The molecule has 1 aliphatic carbocycles. The van der Waals surface area contributed by atoms with Crippen LogP contribution in [0.4, 0.5) is 11.4 Å². The minimum atomic E-state index is -0.506. The molecule has 6 nitrogen and oxygen atoms in total. The number of hydrogen-bond donors (Lipinski definition) is 3. The lowest BCUT2D eigenvalue weighted by molar-refractivity contribution is -0.120. The van der Waals surface area contributed by atoms with Gasteiger partial charge >= 0.3 is 0 Å². The Morgan fingerprint density at radius 3 is 2.84 bits per heavy atom. The molecule has 0 aliphatic heterocycles. The molecule has 0 unspecified atom stereocenters. The van der Waals surface area contributed by atoms with Crippen LogP contribution < -0.4 is 10.6 Å². The van der Waals surface area contributed by atoms with Crippen LogP contribution in [0, 0.1) is 0 Å². The molecule has 0 atom stereocenters. The van der Waals surface area contributed by atoms with Crippen molar-refractivity contribution in [2.45, 2.75) is 31.8 Å². The normalized spacial score (nSPS) is 14.6. The predicted octanol–water partition coefficient (Wildman–Crippen LogP) is 2.96. The molecule has 1 amide bonds. The first-order chi connectivity index (χ1) is 11.6. The van der Waals surface area contributed by atoms with E-state index >= 15 is 0 Å². The molecule has 0 radical (unpaired) electrons. The molecule has 1 aromatic carbocycles. The van der Waals surface area contributed by atoms with Gasteiger partial charge < -0.3 is 20.5 Å². The quantitative estimate of drug-likeness (QED) is 0.669. The van der Waals surface area contributed by atoms with Crippen molar-refractivity contribution >= 4 is 40.6 Å². The summed E-state index contributed by atoms with van der Waals surface area (Å²) < 4.78 is 5.14. The zero-order valence-electron chi connectivity index (χ0n) is 14.2. The van der Waals surface area contributed by atoms with E-state index in [0.717, 1.165) is 29.4 Å². The minimum absolute atomic E-state index is 0. The van der Waals surface area contributed by atoms with Gasteiger partial charge in [0.25, 0.3) is 0 Å². The number of nitrogens with one attached hydrogen (secondary N) is 2. The number of halogens is 1. The first kappa shape index (κ1) is 19.4. The van der Waals surface area contributed by atoms with Gasteiger partial charge in [-0.25, -0.2) is 0 Å². The fourth-order valence-electron chi connectivity index (χ4n) is 2.62. The van der Waals surface area contributed by atoms with Gasteiger partial charge in [0.1, 0.15) is 6.61 Å². The summed E-state index contributed by atoms with van der Waals surface area (Å²) in [5, 5.41) is 17.1. The smallest absolute Gasteiger partial charge is 0.250 e. The lowest BCUT2D eigenvalue weighted by Gasteiger charge is -2.16. The summed E-state index contributed by atoms with van der Waals surface area (Å²) in [5.41, 5.74) is 1.80. The summed E-state index contributed by atoms with van der Waals surface area (Å²) in [6, 6.07) is 7.77. The second kappa shape index (κ2) is 8.47. The second-order valence-electron chi connectivity index (χ2n) is 6.15. The highest BCUT2D eigenvalue weighted by atomic mass is 35.5. The zero-order valence-corrected chi connectivity index (χ0v) is 15.1. The maximum atomic E-state index is 12.0. The number of nitrogens with zero attached hydrogens (tertiary/aromatic N) is 1. The third-order valence-corrected chi connectivity index (χ3v) is 4.21. The molecule has 1 heterocycles. The van der Waals surface area contributed by atoms with Crippen molar-refractivity contribution in [3.8, 4) is 0 Å². The van der Waals surface area contributed by atoms with Crippen molar-refractivity contribution in [3.63, 3.8) is 0 Å². The number of pyridine rings is 1. The van der Waals surface area contributed by atoms with Gasteiger partial charge in [0.2, 0.25) is 5.91 Å². The summed E-state index contributed by atoms with van der Waals surface area (Å²) in [7, 11) is 0. The van der Waals surface area contributed by atoms with E-state index < -0.39 is 5.60 Å². The Bertz CT molecular complexity index is 735. The molecule has 136 valence electrons. The third-order valence-electron chi connectivity index (χ3n) is 4.21. The van der Waals surface area contributed by atoms with Crippen LogP contribution in [0.3, 0.4) is 0 Å². The Hall–Kier alpha value is -1.89. The van der Waals surface area contributed by atoms with Crippen molar-refractivity contribution < 1.29 is 14.6 Å². The molecule has 1 aliphatic rings. The molecule has 1 aromatic heterocycles. The number of benzene rings is 1. The molecule has 0 saturated heterocycles. The van der Waals surface area contributed by atoms with Crippen LogP contribution in [0.25, 0.3) is 10.9 Å². The first-order valence-corrected chi connectivity index (χ1v) is 8.33. The summed E-state index contributed by atoms with van der Waals surface area (Å²) in [5.74, 6) is -0.210. The maximum Gasteiger partial charge on any atom is 0.250 e. The van der Waals surface area contributed by atoms with Gasteiger partial charge in [-0.15, -0.1) is 12.4 Å². The van der Waals surface area contributed by atoms with Crippen molar-refractivity contribution in [1.82, 2.24) is 4.98 Å². The van der Waals surface area contributed by atoms with Gasteiger partial charge in [0, 0.05) is 18.5 Å². The van der Waals surface area contributed by atoms with E-state index in [1.165, 1.54) is 0 Å². The Morgan fingerprint density at radius 1 is 1.36 bits per heavy atom. The van der Waals surface area contributed by atoms with Gasteiger partial charge in [-0.05, 0) is 32.3 Å². The lowest BCUT2D eigenvalue weighted by atomic mass is 10.1. The number of hydrogen-bond acceptors (Lipinski definition) is 5. The van der Waals surface area contributed by atoms with Crippen LogP contribution in [0.5, 0.6) is 0 Å². The number of carbonyl (C=O) groups is 1. The Morgan fingerprint density at radius 2 is 2.12 bits per heavy atom. The van der Waals surface area contributed by atoms with Crippen LogP contribution in [0.2, 0.25) is 0 Å². The fraction of sp³-hybridized carbons (Fsp3) is 0.444. The highest BCUT2D eigenvalue weighted by molar-refractivity contribution is 6.03. The van der Waals surface area contributed by atoms with Crippen molar-refractivity contribution in [2.24, 2.45) is 0 Å². The molecule has 1 fully saturated rings. The minimum Gasteiger partial charge on any atom is -0.390 e. The number of fused-ring (bicyclic) bond motifs is 1. The molecule has 1 saturated carbocycles. The van der Waals surface area contributed by atoms with E-state index in [1.54, 1.807) is 6.20 Å². The Balaban J connectivity index is 0.00000225. The van der Waals surface area contributed by atoms with E-state index in [-0.39, 0.29) is 24.9 Å². The molecular weight excluding hydrogens is 342 g/mol. The SMILES string of the molecule is CCOCC(=O)Nc1cnc2ccccc2c1NCCC1(O)CC1.Cl. The summed E-state index contributed by atoms with van der Waals surface area (Å²) >= 11 is 0. The van der Waals surface area contributed by atoms with Crippen LogP contribution >= 0.6 is 12.4 Å². The van der Waals surface area contributed by atoms with Crippen LogP contribution in [-0.2, 0) is 9.53 Å². The summed E-state index contributed by atoms with van der Waals surface area (Å²) in [4.78, 5) is 16.4. The van der Waals surface area contributed by atoms with Crippen molar-refractivity contribution in [3.05, 3.63) is 30.5 Å². The molecule has 0 bridgehead atoms. The van der Waals surface area contributed by atoms with Crippen LogP contribution in [0.1, 0.15) is 26.2 Å². The molecule has 3 N–H and O–H groups in total. The number of amides is 1. The van der Waals surface area contributed by atoms with E-state index in [9.17, 15) is 9.90 Å². The van der Waals surface area contributed by atoms with Crippen molar-refractivity contribution in [1.29, 1.82) is 0 Å². The molecule has 25 heavy (non-hydrogen) atoms. The van der Waals surface area contributed by atoms with Gasteiger partial charge in [-0.3, -0.25) is 9.78 Å². The summed E-state index contributed by atoms with van der Waals surface area (Å²) in [6.07, 6.45) is 4.07. The van der Waals surface area contributed by atoms with Crippen molar-refractivity contribution in [2.75, 3.05) is 30.4 Å². The molecule has 7 heteroatoms. The number of anilines is 2. The Labute approximate surface area is 153 Å². The average Bonchev–Trinajstić information content (AvgIpc) is 3.32. The highest BCUT2D eigenvalue weighted by Gasteiger charge is 2.39. The summed E-state index contributed by atoms with van der Waals surface area (Å²) in [6.45, 7) is 2.99. The monoisotopic (exact) mass is 365 g/mol. The van der Waals surface area contributed by atoms with Crippen LogP contribution in [-0.4, -0.2) is 41.4 Å². The standard InChI is InChI=1S/C18H23N3O3.ClH/c1-2-24-12-16(22)21-15-11-20-14-6-4-3-5-13(14)17(15)19-10-9-18(23)7-8-18;/h3-6,11,23H,2,7-10,12H2,1H3,(H,19,20)(H,21,22);1H. The largest absolute Gasteiger partial charge is 0.390 e. The van der Waals surface area contributed by atoms with Gasteiger partial charge in [0.05, 0.1) is 28.7 Å². The van der Waals surface area contributed by atoms with Crippen LogP contribution in [0.15, 0.2) is 30.5 Å². The first-order valence-electron chi connectivity index (χ1n) is 8.33. The zero-order chi connectivity index (χ0) is 17.0. The number of aromatic nitrogens is 1. The molecular formula is C18H24ClN3O3. The lowest BCUT2D eigenvalue weighted by Crippen LogP contribution is -2.20. The number of rotatable bonds is 8. The highest BCUT2D eigenvalue weighted by Crippen LogP contribution is 2.38. The third kappa shape index (κ3) is 5.04. The number of para-hydroxylation sites is 1. The molecule has 2 aromatic rings. The molecule has 0 spiro atoms. The average molecular weight is 366 g/mol. The van der Waals surface area contributed by atoms with Gasteiger partial charge in [-0.2, -0.15) is 0 Å². The molecule has 3 rings (SSSR count). The Kier molecular flexibility index (Phi) is 6.58. The van der Waals surface area contributed by atoms with E-state index in [2.05, 4.69) is 15.6 Å². The van der Waals surface area contributed by atoms with Gasteiger partial charge in [0.15, 0.2) is 0 Å². The number of aliphatic hydroxyl groups is 1. The maximum absolute atomic E-state index is 12.0. The van der Waals surface area contributed by atoms with E-state index in [1.807, 2.05) is 31.2 Å². The fourth-order valence-corrected chi connectivity index (χ4v) is 2.62. The predicted molar refractivity (Wildman–Crippen MR) is 101 cm³/mol. The van der Waals surface area contributed by atoms with E-state index in [0.29, 0.717) is 25.3 Å². The second-order valence-corrected chi connectivity index (χ2v) is 6.15. The topological polar surface area (TPSA) is 83.5 Å². The number of carbonyl (C=O) groups excluding carboxylic acids is 1. The van der Waals surface area contributed by atoms with E-state index in [4.69, 9.17) is 4.74 Å².